The molecule has 1 saturated heterocycles. The van der Waals surface area contributed by atoms with Gasteiger partial charge in [0.2, 0.25) is 5.91 Å². The Kier molecular flexibility index (Phi) is 4.89. The number of hydrogen-bond donors (Lipinski definition) is 1. The van der Waals surface area contributed by atoms with Crippen LogP contribution in [0.1, 0.15) is 41.5 Å². The number of nitrogens with zero attached hydrogens (tertiary/aromatic N) is 5. The Morgan fingerprint density at radius 1 is 1.42 bits per heavy atom. The van der Waals surface area contributed by atoms with E-state index in [0.29, 0.717) is 12.4 Å². The van der Waals surface area contributed by atoms with Crippen LogP contribution in [0.5, 0.6) is 0 Å². The summed E-state index contributed by atoms with van der Waals surface area (Å²) in [5, 5.41) is 13.8. The summed E-state index contributed by atoms with van der Waals surface area (Å²) in [6.07, 6.45) is 5.41. The lowest BCUT2D eigenvalue weighted by Gasteiger charge is -2.33. The lowest BCUT2D eigenvalue weighted by molar-refractivity contribution is -0.133. The fraction of sp³-hybridized carbons (Fsp3) is 0.529. The Morgan fingerprint density at radius 2 is 2.25 bits per heavy atom. The molecule has 128 valence electrons. The Bertz CT molecular complexity index is 728. The zero-order valence-corrected chi connectivity index (χ0v) is 14.1. The van der Waals surface area contributed by atoms with Crippen molar-refractivity contribution in [2.75, 3.05) is 13.1 Å². The summed E-state index contributed by atoms with van der Waals surface area (Å²) in [5.41, 5.74) is 2.53. The standard InChI is InChI=1S/C17H23N5O2/c1-12-5-7-22(20-12)10-16(24)21-6-3-4-14(9-21)17-15(11-23)8-18-13(2)19-17/h5,7-8,14,23H,3-4,6,9-11H2,1-2H3. The zero-order valence-electron chi connectivity index (χ0n) is 14.1. The van der Waals surface area contributed by atoms with Crippen molar-refractivity contribution in [3.63, 3.8) is 0 Å². The maximum absolute atomic E-state index is 12.6. The van der Waals surface area contributed by atoms with Crippen molar-refractivity contribution in [2.45, 2.75) is 45.8 Å². The van der Waals surface area contributed by atoms with Gasteiger partial charge < -0.3 is 10.0 Å². The number of carbonyl (C=O) groups is 1. The number of hydrogen-bond acceptors (Lipinski definition) is 5. The van der Waals surface area contributed by atoms with Crippen LogP contribution in [0.25, 0.3) is 0 Å². The molecule has 3 rings (SSSR count). The molecule has 7 nitrogen and oxygen atoms in total. The first-order valence-corrected chi connectivity index (χ1v) is 8.28. The first-order valence-electron chi connectivity index (χ1n) is 8.28. The zero-order chi connectivity index (χ0) is 17.1. The monoisotopic (exact) mass is 329 g/mol. The largest absolute Gasteiger partial charge is 0.392 e. The molecule has 1 amide bonds. The summed E-state index contributed by atoms with van der Waals surface area (Å²) in [5.74, 6) is 0.905. The second kappa shape index (κ2) is 7.09. The molecule has 1 N–H and O–H groups in total. The molecule has 1 aliphatic heterocycles. The highest BCUT2D eigenvalue weighted by atomic mass is 16.3. The van der Waals surface area contributed by atoms with Crippen LogP contribution in [-0.4, -0.2) is 48.8 Å². The maximum Gasteiger partial charge on any atom is 0.244 e. The van der Waals surface area contributed by atoms with Gasteiger partial charge in [-0.05, 0) is 32.8 Å². The van der Waals surface area contributed by atoms with E-state index >= 15 is 0 Å². The van der Waals surface area contributed by atoms with Crippen LogP contribution in [0.15, 0.2) is 18.5 Å². The number of amides is 1. The first-order chi connectivity index (χ1) is 11.6. The number of rotatable bonds is 4. The molecule has 1 fully saturated rings. The smallest absolute Gasteiger partial charge is 0.244 e. The van der Waals surface area contributed by atoms with E-state index in [0.717, 1.165) is 36.3 Å². The molecule has 0 aliphatic carbocycles. The van der Waals surface area contributed by atoms with Gasteiger partial charge in [0.1, 0.15) is 12.4 Å². The molecule has 24 heavy (non-hydrogen) atoms. The van der Waals surface area contributed by atoms with Crippen molar-refractivity contribution in [2.24, 2.45) is 0 Å². The number of aliphatic hydroxyl groups is 1. The van der Waals surface area contributed by atoms with Crippen LogP contribution < -0.4 is 0 Å². The van der Waals surface area contributed by atoms with Gasteiger partial charge in [-0.15, -0.1) is 0 Å². The Hall–Kier alpha value is -2.28. The Balaban J connectivity index is 1.72. The highest BCUT2D eigenvalue weighted by molar-refractivity contribution is 5.76. The van der Waals surface area contributed by atoms with Gasteiger partial charge in [0.15, 0.2) is 0 Å². The molecule has 0 bridgehead atoms. The van der Waals surface area contributed by atoms with E-state index in [1.54, 1.807) is 10.9 Å². The molecule has 0 spiro atoms. The fourth-order valence-corrected chi connectivity index (χ4v) is 3.20. The number of likely N-dealkylation sites (tertiary alicyclic amines) is 1. The Labute approximate surface area is 141 Å². The summed E-state index contributed by atoms with van der Waals surface area (Å²) in [4.78, 5) is 23.1. The predicted octanol–water partition coefficient (Wildman–Crippen LogP) is 1.19. The average molecular weight is 329 g/mol. The Morgan fingerprint density at radius 3 is 2.96 bits per heavy atom. The van der Waals surface area contributed by atoms with Gasteiger partial charge in [-0.25, -0.2) is 9.97 Å². The molecular formula is C17H23N5O2. The molecule has 1 unspecified atom stereocenters. The molecule has 3 heterocycles. The van der Waals surface area contributed by atoms with Crippen molar-refractivity contribution in [3.05, 3.63) is 41.2 Å². The molecule has 1 aliphatic rings. The van der Waals surface area contributed by atoms with E-state index < -0.39 is 0 Å². The quantitative estimate of drug-likeness (QED) is 0.911. The fourth-order valence-electron chi connectivity index (χ4n) is 3.20. The SMILES string of the molecule is Cc1ccn(CC(=O)N2CCCC(c3nc(C)ncc3CO)C2)n1. The van der Waals surface area contributed by atoms with E-state index in [1.165, 1.54) is 0 Å². The predicted molar refractivity (Wildman–Crippen MR) is 88.2 cm³/mol. The normalized spacial score (nSPS) is 18.0. The van der Waals surface area contributed by atoms with E-state index in [1.807, 2.05) is 31.0 Å². The number of aryl methyl sites for hydroxylation is 2. The number of carbonyl (C=O) groups excluding carboxylic acids is 1. The van der Waals surface area contributed by atoms with Crippen molar-refractivity contribution >= 4 is 5.91 Å². The number of aromatic nitrogens is 4. The van der Waals surface area contributed by atoms with E-state index in [9.17, 15) is 9.90 Å². The first kappa shape index (κ1) is 16.6. The maximum atomic E-state index is 12.6. The van der Waals surface area contributed by atoms with Crippen molar-refractivity contribution < 1.29 is 9.90 Å². The molecule has 2 aromatic rings. The van der Waals surface area contributed by atoms with Crippen LogP contribution in [0, 0.1) is 13.8 Å². The van der Waals surface area contributed by atoms with Crippen molar-refractivity contribution in [1.82, 2.24) is 24.6 Å². The molecular weight excluding hydrogens is 306 g/mol. The topological polar surface area (TPSA) is 84.1 Å². The van der Waals surface area contributed by atoms with Gasteiger partial charge in [-0.3, -0.25) is 9.48 Å². The van der Waals surface area contributed by atoms with Gasteiger partial charge in [-0.1, -0.05) is 0 Å². The van der Waals surface area contributed by atoms with Crippen LogP contribution in [0.2, 0.25) is 0 Å². The van der Waals surface area contributed by atoms with E-state index in [2.05, 4.69) is 15.1 Å². The summed E-state index contributed by atoms with van der Waals surface area (Å²) >= 11 is 0. The minimum Gasteiger partial charge on any atom is -0.392 e. The van der Waals surface area contributed by atoms with Gasteiger partial charge in [0.05, 0.1) is 18.0 Å². The van der Waals surface area contributed by atoms with Gasteiger partial charge in [-0.2, -0.15) is 5.10 Å². The van der Waals surface area contributed by atoms with Gasteiger partial charge in [0, 0.05) is 37.0 Å². The highest BCUT2D eigenvalue weighted by Crippen LogP contribution is 2.28. The summed E-state index contributed by atoms with van der Waals surface area (Å²) in [6.45, 7) is 5.32. The summed E-state index contributed by atoms with van der Waals surface area (Å²) in [6, 6.07) is 1.89. The lowest BCUT2D eigenvalue weighted by Crippen LogP contribution is -2.41. The van der Waals surface area contributed by atoms with Crippen molar-refractivity contribution in [1.29, 1.82) is 0 Å². The van der Waals surface area contributed by atoms with Crippen LogP contribution in [0.3, 0.4) is 0 Å². The van der Waals surface area contributed by atoms with E-state index in [-0.39, 0.29) is 25.0 Å². The molecule has 7 heteroatoms. The summed E-state index contributed by atoms with van der Waals surface area (Å²) < 4.78 is 1.68. The lowest BCUT2D eigenvalue weighted by atomic mass is 9.92. The average Bonchev–Trinajstić information content (AvgIpc) is 2.99. The second-order valence-electron chi connectivity index (χ2n) is 6.32. The molecule has 2 aromatic heterocycles. The van der Waals surface area contributed by atoms with Gasteiger partial charge >= 0.3 is 0 Å². The van der Waals surface area contributed by atoms with E-state index in [4.69, 9.17) is 0 Å². The minimum absolute atomic E-state index is 0.0686. The van der Waals surface area contributed by atoms with Gasteiger partial charge in [0.25, 0.3) is 0 Å². The van der Waals surface area contributed by atoms with Crippen LogP contribution >= 0.6 is 0 Å². The summed E-state index contributed by atoms with van der Waals surface area (Å²) in [7, 11) is 0. The van der Waals surface area contributed by atoms with Crippen LogP contribution in [0.4, 0.5) is 0 Å². The molecule has 0 saturated carbocycles. The van der Waals surface area contributed by atoms with Crippen LogP contribution in [-0.2, 0) is 17.9 Å². The molecule has 1 atom stereocenters. The molecule has 0 aromatic carbocycles. The number of aliphatic hydroxyl groups excluding tert-OH is 1. The van der Waals surface area contributed by atoms with Crippen molar-refractivity contribution in [3.8, 4) is 0 Å². The second-order valence-corrected chi connectivity index (χ2v) is 6.32. The number of piperidine rings is 1. The molecule has 0 radical (unpaired) electrons. The third kappa shape index (κ3) is 3.62. The minimum atomic E-state index is -0.0768. The third-order valence-electron chi connectivity index (χ3n) is 4.42. The third-order valence-corrected chi connectivity index (χ3v) is 4.42. The highest BCUT2D eigenvalue weighted by Gasteiger charge is 2.27.